The van der Waals surface area contributed by atoms with Gasteiger partial charge in [0.1, 0.15) is 12.4 Å². The van der Waals surface area contributed by atoms with Crippen molar-refractivity contribution in [2.75, 3.05) is 47.0 Å². The second-order valence-corrected chi connectivity index (χ2v) is 5.37. The Morgan fingerprint density at radius 2 is 2.24 bits per heavy atom. The molecule has 1 heterocycles. The monoisotopic (exact) mass is 290 g/mol. The van der Waals surface area contributed by atoms with Gasteiger partial charge in [0.2, 0.25) is 0 Å². The summed E-state index contributed by atoms with van der Waals surface area (Å²) >= 11 is 0. The van der Waals surface area contributed by atoms with Gasteiger partial charge < -0.3 is 14.8 Å². The Bertz CT molecular complexity index is 460. The van der Waals surface area contributed by atoms with Crippen LogP contribution in [0.25, 0.3) is 0 Å². The average molecular weight is 290 g/mol. The number of methoxy groups -OCH3 is 1. The topological polar surface area (TPSA) is 33.7 Å². The molecule has 0 fully saturated rings. The number of hydrogen-bond acceptors (Lipinski definition) is 4. The molecule has 4 nitrogen and oxygen atoms in total. The van der Waals surface area contributed by atoms with Crippen LogP contribution in [0.5, 0.6) is 5.75 Å². The molecule has 2 rings (SSSR count). The fourth-order valence-electron chi connectivity index (χ4n) is 2.51. The van der Waals surface area contributed by atoms with Gasteiger partial charge in [0, 0.05) is 33.3 Å². The van der Waals surface area contributed by atoms with Gasteiger partial charge in [0.15, 0.2) is 0 Å². The standard InChI is InChI=1S/C17H26N2O2/c1-18-13-16-4-3-5-17(12-16)21-11-10-19-8-6-15(7-9-19)14-20-2/h3-6,12,18H,7-11,13-14H2,1-2H3. The van der Waals surface area contributed by atoms with Crippen LogP contribution in [0.4, 0.5) is 0 Å². The Labute approximate surface area is 127 Å². The molecule has 116 valence electrons. The fourth-order valence-corrected chi connectivity index (χ4v) is 2.51. The molecule has 4 heteroatoms. The molecule has 0 bridgehead atoms. The third-order valence-corrected chi connectivity index (χ3v) is 3.67. The first-order valence-corrected chi connectivity index (χ1v) is 7.57. The van der Waals surface area contributed by atoms with Crippen molar-refractivity contribution in [3.8, 4) is 5.75 Å². The van der Waals surface area contributed by atoms with E-state index in [9.17, 15) is 0 Å². The van der Waals surface area contributed by atoms with Gasteiger partial charge in [-0.05, 0) is 36.7 Å². The Balaban J connectivity index is 1.71. The van der Waals surface area contributed by atoms with Crippen molar-refractivity contribution in [3.63, 3.8) is 0 Å². The summed E-state index contributed by atoms with van der Waals surface area (Å²) in [6.07, 6.45) is 3.38. The molecular formula is C17H26N2O2. The number of benzene rings is 1. The van der Waals surface area contributed by atoms with E-state index in [0.717, 1.165) is 51.6 Å². The largest absolute Gasteiger partial charge is 0.492 e. The van der Waals surface area contributed by atoms with Crippen LogP contribution in [-0.4, -0.2) is 51.9 Å². The second-order valence-electron chi connectivity index (χ2n) is 5.37. The third kappa shape index (κ3) is 5.50. The zero-order valence-electron chi connectivity index (χ0n) is 13.1. The summed E-state index contributed by atoms with van der Waals surface area (Å²) in [5.41, 5.74) is 2.66. The molecule has 1 N–H and O–H groups in total. The lowest BCUT2D eigenvalue weighted by atomic mass is 10.1. The third-order valence-electron chi connectivity index (χ3n) is 3.67. The first kappa shape index (κ1) is 16.0. The van der Waals surface area contributed by atoms with E-state index >= 15 is 0 Å². The highest BCUT2D eigenvalue weighted by Crippen LogP contribution is 2.14. The molecule has 1 aromatic rings. The molecular weight excluding hydrogens is 264 g/mol. The summed E-state index contributed by atoms with van der Waals surface area (Å²) in [7, 11) is 3.71. The number of nitrogens with zero attached hydrogens (tertiary/aromatic N) is 1. The zero-order chi connectivity index (χ0) is 14.9. The molecule has 21 heavy (non-hydrogen) atoms. The number of nitrogens with one attached hydrogen (secondary N) is 1. The van der Waals surface area contributed by atoms with E-state index in [1.165, 1.54) is 11.1 Å². The Morgan fingerprint density at radius 1 is 1.33 bits per heavy atom. The maximum atomic E-state index is 5.86. The van der Waals surface area contributed by atoms with E-state index in [2.05, 4.69) is 28.4 Å². The molecule has 0 radical (unpaired) electrons. The van der Waals surface area contributed by atoms with Crippen molar-refractivity contribution in [1.82, 2.24) is 10.2 Å². The van der Waals surface area contributed by atoms with Crippen LogP contribution in [0.3, 0.4) is 0 Å². The Hall–Kier alpha value is -1.36. The smallest absolute Gasteiger partial charge is 0.119 e. The molecule has 0 saturated carbocycles. The van der Waals surface area contributed by atoms with Gasteiger partial charge in [-0.15, -0.1) is 0 Å². The molecule has 1 aliphatic heterocycles. The van der Waals surface area contributed by atoms with Crippen LogP contribution < -0.4 is 10.1 Å². The highest BCUT2D eigenvalue weighted by molar-refractivity contribution is 5.28. The number of ether oxygens (including phenoxy) is 2. The van der Waals surface area contributed by atoms with Gasteiger partial charge in [-0.1, -0.05) is 18.2 Å². The van der Waals surface area contributed by atoms with Crippen molar-refractivity contribution < 1.29 is 9.47 Å². The van der Waals surface area contributed by atoms with Crippen LogP contribution in [0.1, 0.15) is 12.0 Å². The predicted octanol–water partition coefficient (Wildman–Crippen LogP) is 2.06. The van der Waals surface area contributed by atoms with Gasteiger partial charge in [-0.25, -0.2) is 0 Å². The molecule has 0 aromatic heterocycles. The normalized spacial score (nSPS) is 15.8. The fraction of sp³-hybridized carbons (Fsp3) is 0.529. The minimum absolute atomic E-state index is 0.733. The molecule has 0 atom stereocenters. The first-order valence-electron chi connectivity index (χ1n) is 7.57. The van der Waals surface area contributed by atoms with E-state index in [1.54, 1.807) is 7.11 Å². The van der Waals surface area contributed by atoms with Crippen LogP contribution >= 0.6 is 0 Å². The van der Waals surface area contributed by atoms with Gasteiger partial charge in [0.25, 0.3) is 0 Å². The van der Waals surface area contributed by atoms with Crippen LogP contribution in [0, 0.1) is 0 Å². The summed E-state index contributed by atoms with van der Waals surface area (Å²) in [5, 5.41) is 3.15. The van der Waals surface area contributed by atoms with Gasteiger partial charge in [0.05, 0.1) is 6.61 Å². The quantitative estimate of drug-likeness (QED) is 0.743. The first-order chi connectivity index (χ1) is 10.3. The summed E-state index contributed by atoms with van der Waals surface area (Å²) < 4.78 is 11.0. The van der Waals surface area contributed by atoms with Crippen LogP contribution in [0.15, 0.2) is 35.9 Å². The van der Waals surface area contributed by atoms with Gasteiger partial charge in [-0.2, -0.15) is 0 Å². The van der Waals surface area contributed by atoms with Gasteiger partial charge in [-0.3, -0.25) is 4.90 Å². The highest BCUT2D eigenvalue weighted by Gasteiger charge is 2.11. The van der Waals surface area contributed by atoms with E-state index in [1.807, 2.05) is 19.2 Å². The highest BCUT2D eigenvalue weighted by atomic mass is 16.5. The van der Waals surface area contributed by atoms with Crippen LogP contribution in [-0.2, 0) is 11.3 Å². The van der Waals surface area contributed by atoms with E-state index in [0.29, 0.717) is 0 Å². The summed E-state index contributed by atoms with van der Waals surface area (Å²) in [6, 6.07) is 8.27. The second kappa shape index (κ2) is 8.82. The predicted molar refractivity (Wildman–Crippen MR) is 85.7 cm³/mol. The van der Waals surface area contributed by atoms with E-state index in [-0.39, 0.29) is 0 Å². The van der Waals surface area contributed by atoms with E-state index in [4.69, 9.17) is 9.47 Å². The van der Waals surface area contributed by atoms with Gasteiger partial charge >= 0.3 is 0 Å². The molecule has 0 saturated heterocycles. The van der Waals surface area contributed by atoms with E-state index < -0.39 is 0 Å². The van der Waals surface area contributed by atoms with Crippen molar-refractivity contribution in [3.05, 3.63) is 41.5 Å². The van der Waals surface area contributed by atoms with Crippen molar-refractivity contribution in [1.29, 1.82) is 0 Å². The average Bonchev–Trinajstić information content (AvgIpc) is 2.50. The Morgan fingerprint density at radius 3 is 2.95 bits per heavy atom. The molecule has 1 aromatic carbocycles. The molecule has 1 aliphatic rings. The van der Waals surface area contributed by atoms with Crippen molar-refractivity contribution in [2.24, 2.45) is 0 Å². The maximum absolute atomic E-state index is 5.86. The summed E-state index contributed by atoms with van der Waals surface area (Å²) in [4.78, 5) is 2.41. The van der Waals surface area contributed by atoms with Crippen LogP contribution in [0.2, 0.25) is 0 Å². The Kier molecular flexibility index (Phi) is 6.73. The maximum Gasteiger partial charge on any atom is 0.119 e. The molecule has 0 aliphatic carbocycles. The molecule has 0 spiro atoms. The minimum atomic E-state index is 0.733. The molecule has 0 unspecified atom stereocenters. The van der Waals surface area contributed by atoms with Crippen molar-refractivity contribution in [2.45, 2.75) is 13.0 Å². The minimum Gasteiger partial charge on any atom is -0.492 e. The number of hydrogen-bond donors (Lipinski definition) is 1. The zero-order valence-corrected chi connectivity index (χ0v) is 13.1. The lowest BCUT2D eigenvalue weighted by Crippen LogP contribution is -2.33. The number of rotatable bonds is 8. The van der Waals surface area contributed by atoms with Crippen molar-refractivity contribution >= 4 is 0 Å². The summed E-state index contributed by atoms with van der Waals surface area (Å²) in [5.74, 6) is 0.954. The summed E-state index contributed by atoms with van der Waals surface area (Å²) in [6.45, 7) is 5.43. The SMILES string of the molecule is CNCc1cccc(OCCN2CC=C(COC)CC2)c1. The lowest BCUT2D eigenvalue weighted by molar-refractivity contribution is 0.197. The lowest BCUT2D eigenvalue weighted by Gasteiger charge is -2.26. The molecule has 0 amide bonds.